The second-order valence-corrected chi connectivity index (χ2v) is 6.47. The second kappa shape index (κ2) is 7.55. The number of fused-ring (bicyclic) bond motifs is 1. The number of phenolic OH excluding ortho intramolecular Hbond substituents is 2. The number of nitrogens with one attached hydrogen (secondary N) is 1. The topological polar surface area (TPSA) is 134 Å². The molecule has 29 heavy (non-hydrogen) atoms. The van der Waals surface area contributed by atoms with Gasteiger partial charge in [0.15, 0.2) is 5.76 Å². The fourth-order valence-corrected chi connectivity index (χ4v) is 3.12. The van der Waals surface area contributed by atoms with E-state index in [0.717, 1.165) is 19.0 Å². The van der Waals surface area contributed by atoms with Gasteiger partial charge in [-0.1, -0.05) is 12.1 Å². The van der Waals surface area contributed by atoms with Gasteiger partial charge >= 0.3 is 0 Å². The van der Waals surface area contributed by atoms with Crippen LogP contribution in [0.2, 0.25) is 0 Å². The van der Waals surface area contributed by atoms with Gasteiger partial charge in [-0.05, 0) is 18.6 Å². The standard InChI is InChI=1S/C20H18N4O5/c25-12-8-15(26)17-16(9-12)29-20(19(28)18(17)27)13-4-1-2-5-14(13)21-6-3-7-24-10-22-23-11-24/h1-2,4-5,8-11,21,25-26,28H,3,6-7H2. The lowest BCUT2D eigenvalue weighted by molar-refractivity contribution is 0.438. The van der Waals surface area contributed by atoms with E-state index in [9.17, 15) is 20.1 Å². The molecule has 2 heterocycles. The maximum absolute atomic E-state index is 12.6. The van der Waals surface area contributed by atoms with Crippen LogP contribution >= 0.6 is 0 Å². The summed E-state index contributed by atoms with van der Waals surface area (Å²) in [6.45, 7) is 1.35. The maximum Gasteiger partial charge on any atom is 0.238 e. The summed E-state index contributed by atoms with van der Waals surface area (Å²) in [7, 11) is 0. The fraction of sp³-hybridized carbons (Fsp3) is 0.150. The highest BCUT2D eigenvalue weighted by Gasteiger charge is 2.20. The van der Waals surface area contributed by atoms with E-state index in [-0.39, 0.29) is 22.5 Å². The Morgan fingerprint density at radius 1 is 1.07 bits per heavy atom. The molecule has 0 saturated heterocycles. The fourth-order valence-electron chi connectivity index (χ4n) is 3.12. The number of aromatic nitrogens is 3. The van der Waals surface area contributed by atoms with E-state index in [0.29, 0.717) is 17.8 Å². The highest BCUT2D eigenvalue weighted by molar-refractivity contribution is 5.89. The van der Waals surface area contributed by atoms with Gasteiger partial charge in [-0.3, -0.25) is 4.79 Å². The molecule has 0 aliphatic rings. The van der Waals surface area contributed by atoms with Crippen molar-refractivity contribution in [2.75, 3.05) is 11.9 Å². The van der Waals surface area contributed by atoms with Crippen LogP contribution in [-0.4, -0.2) is 36.6 Å². The first-order chi connectivity index (χ1) is 14.0. The molecule has 0 aliphatic carbocycles. The van der Waals surface area contributed by atoms with Crippen molar-refractivity contribution in [2.45, 2.75) is 13.0 Å². The van der Waals surface area contributed by atoms with E-state index in [2.05, 4.69) is 15.5 Å². The van der Waals surface area contributed by atoms with Gasteiger partial charge in [-0.25, -0.2) is 0 Å². The molecule has 4 aromatic rings. The van der Waals surface area contributed by atoms with Gasteiger partial charge in [-0.15, -0.1) is 10.2 Å². The first kappa shape index (κ1) is 18.4. The number of nitrogens with zero attached hydrogens (tertiary/aromatic N) is 3. The molecule has 0 bridgehead atoms. The summed E-state index contributed by atoms with van der Waals surface area (Å²) in [5.74, 6) is -1.38. The molecule has 0 spiro atoms. The van der Waals surface area contributed by atoms with Gasteiger partial charge in [-0.2, -0.15) is 0 Å². The number of para-hydroxylation sites is 1. The molecule has 4 rings (SSSR count). The van der Waals surface area contributed by atoms with Crippen LogP contribution in [0.15, 0.2) is 58.3 Å². The molecule has 0 saturated carbocycles. The predicted octanol–water partition coefficient (Wildman–Crippen LogP) is 2.67. The Balaban J connectivity index is 1.67. The molecule has 9 heteroatoms. The largest absolute Gasteiger partial charge is 0.508 e. The zero-order chi connectivity index (χ0) is 20.4. The summed E-state index contributed by atoms with van der Waals surface area (Å²) >= 11 is 0. The first-order valence-electron chi connectivity index (χ1n) is 8.92. The summed E-state index contributed by atoms with van der Waals surface area (Å²) in [4.78, 5) is 12.6. The molecule has 0 aliphatic heterocycles. The quantitative estimate of drug-likeness (QED) is 0.367. The Bertz CT molecular complexity index is 1220. The average molecular weight is 394 g/mol. The maximum atomic E-state index is 12.6. The molecule has 9 nitrogen and oxygen atoms in total. The van der Waals surface area contributed by atoms with E-state index < -0.39 is 16.9 Å². The second-order valence-electron chi connectivity index (χ2n) is 6.47. The zero-order valence-corrected chi connectivity index (χ0v) is 15.2. The minimum atomic E-state index is -0.777. The van der Waals surface area contributed by atoms with Gasteiger partial charge in [0.2, 0.25) is 11.2 Å². The molecule has 0 amide bonds. The monoisotopic (exact) mass is 394 g/mol. The number of benzene rings is 2. The lowest BCUT2D eigenvalue weighted by Gasteiger charge is -2.13. The van der Waals surface area contributed by atoms with Crippen molar-refractivity contribution in [1.29, 1.82) is 0 Å². The van der Waals surface area contributed by atoms with Crippen LogP contribution in [0.4, 0.5) is 5.69 Å². The Morgan fingerprint density at radius 3 is 2.62 bits per heavy atom. The van der Waals surface area contributed by atoms with Crippen molar-refractivity contribution in [3.8, 4) is 28.6 Å². The van der Waals surface area contributed by atoms with Gasteiger partial charge < -0.3 is 29.6 Å². The number of phenols is 2. The van der Waals surface area contributed by atoms with Crippen molar-refractivity contribution in [2.24, 2.45) is 0 Å². The van der Waals surface area contributed by atoms with E-state index in [1.54, 1.807) is 30.9 Å². The van der Waals surface area contributed by atoms with Gasteiger partial charge in [0.25, 0.3) is 0 Å². The van der Waals surface area contributed by atoms with E-state index >= 15 is 0 Å². The summed E-state index contributed by atoms with van der Waals surface area (Å²) in [5, 5.41) is 40.7. The van der Waals surface area contributed by atoms with Gasteiger partial charge in [0, 0.05) is 36.5 Å². The summed E-state index contributed by atoms with van der Waals surface area (Å²) in [6, 6.07) is 9.31. The molecular formula is C20H18N4O5. The van der Waals surface area contributed by atoms with Crippen LogP contribution in [0, 0.1) is 0 Å². The van der Waals surface area contributed by atoms with Gasteiger partial charge in [0.1, 0.15) is 35.1 Å². The molecule has 0 unspecified atom stereocenters. The Labute approximate surface area is 164 Å². The van der Waals surface area contributed by atoms with Crippen molar-refractivity contribution in [1.82, 2.24) is 14.8 Å². The number of hydrogen-bond donors (Lipinski definition) is 4. The number of hydrogen-bond acceptors (Lipinski definition) is 8. The van der Waals surface area contributed by atoms with Crippen molar-refractivity contribution < 1.29 is 19.7 Å². The lowest BCUT2D eigenvalue weighted by Crippen LogP contribution is -2.07. The van der Waals surface area contributed by atoms with Crippen LogP contribution in [-0.2, 0) is 6.54 Å². The number of rotatable bonds is 6. The lowest BCUT2D eigenvalue weighted by atomic mass is 10.1. The smallest absolute Gasteiger partial charge is 0.238 e. The summed E-state index contributed by atoms with van der Waals surface area (Å²) in [6.07, 6.45) is 4.07. The average Bonchev–Trinajstić information content (AvgIpc) is 3.21. The van der Waals surface area contributed by atoms with Crippen LogP contribution in [0.25, 0.3) is 22.3 Å². The third-order valence-corrected chi connectivity index (χ3v) is 4.48. The molecule has 0 atom stereocenters. The van der Waals surface area contributed by atoms with E-state index in [1.807, 2.05) is 10.6 Å². The van der Waals surface area contributed by atoms with Crippen molar-refractivity contribution in [3.05, 3.63) is 59.3 Å². The highest BCUT2D eigenvalue weighted by atomic mass is 16.4. The minimum Gasteiger partial charge on any atom is -0.508 e. The van der Waals surface area contributed by atoms with Crippen LogP contribution in [0.5, 0.6) is 17.2 Å². The normalized spacial score (nSPS) is 11.0. The van der Waals surface area contributed by atoms with Crippen LogP contribution in [0.3, 0.4) is 0 Å². The van der Waals surface area contributed by atoms with Crippen LogP contribution < -0.4 is 10.7 Å². The Morgan fingerprint density at radius 2 is 1.83 bits per heavy atom. The Kier molecular flexibility index (Phi) is 4.78. The summed E-state index contributed by atoms with van der Waals surface area (Å²) in [5.41, 5.74) is 0.346. The van der Waals surface area contributed by atoms with Crippen molar-refractivity contribution in [3.63, 3.8) is 0 Å². The molecule has 2 aromatic heterocycles. The third-order valence-electron chi connectivity index (χ3n) is 4.48. The molecule has 2 aromatic carbocycles. The van der Waals surface area contributed by atoms with Gasteiger partial charge in [0.05, 0.1) is 0 Å². The zero-order valence-electron chi connectivity index (χ0n) is 15.2. The summed E-state index contributed by atoms with van der Waals surface area (Å²) < 4.78 is 7.56. The number of aromatic hydroxyl groups is 3. The first-order valence-corrected chi connectivity index (χ1v) is 8.92. The SMILES string of the molecule is O=c1c(O)c(-c2ccccc2NCCCn2cnnc2)oc2cc(O)cc(O)c12. The molecule has 0 radical (unpaired) electrons. The van der Waals surface area contributed by atoms with Crippen molar-refractivity contribution >= 4 is 16.7 Å². The molecule has 0 fully saturated rings. The minimum absolute atomic E-state index is 0.0253. The molecule has 148 valence electrons. The number of aryl methyl sites for hydroxylation is 1. The Hall–Kier alpha value is -4.01. The van der Waals surface area contributed by atoms with E-state index in [1.165, 1.54) is 6.07 Å². The van der Waals surface area contributed by atoms with Crippen LogP contribution in [0.1, 0.15) is 6.42 Å². The highest BCUT2D eigenvalue weighted by Crippen LogP contribution is 2.37. The van der Waals surface area contributed by atoms with E-state index in [4.69, 9.17) is 4.42 Å². The third kappa shape index (κ3) is 3.57. The molecular weight excluding hydrogens is 376 g/mol. The molecule has 4 N–H and O–H groups in total. The number of anilines is 1. The predicted molar refractivity (Wildman–Crippen MR) is 106 cm³/mol.